The van der Waals surface area contributed by atoms with Crippen LogP contribution in [0.5, 0.6) is 0 Å². The van der Waals surface area contributed by atoms with Crippen molar-refractivity contribution in [3.8, 4) is 0 Å². The van der Waals surface area contributed by atoms with Gasteiger partial charge in [0.05, 0.1) is 5.56 Å². The Balaban J connectivity index is 2.30. The van der Waals surface area contributed by atoms with Gasteiger partial charge in [-0.1, -0.05) is 6.92 Å². The molecule has 1 aromatic carbocycles. The molecule has 0 amide bonds. The smallest absolute Gasteiger partial charge is 0.335 e. The number of anilines is 1. The molecule has 1 saturated heterocycles. The first-order chi connectivity index (χ1) is 8.50. The highest BCUT2D eigenvalue weighted by atomic mass is 16.4. The number of hydrogen-bond acceptors (Lipinski definition) is 2. The zero-order valence-corrected chi connectivity index (χ0v) is 11.3. The monoisotopic (exact) mass is 247 g/mol. The first kappa shape index (κ1) is 12.9. The van der Waals surface area contributed by atoms with Crippen LogP contribution >= 0.6 is 0 Å². The van der Waals surface area contributed by atoms with Crippen LogP contribution in [-0.2, 0) is 0 Å². The van der Waals surface area contributed by atoms with Crippen molar-refractivity contribution in [1.82, 2.24) is 0 Å². The number of aryl methyl sites for hydroxylation is 1. The maximum atomic E-state index is 10.9. The van der Waals surface area contributed by atoms with E-state index < -0.39 is 5.97 Å². The number of aromatic carboxylic acids is 1. The molecule has 0 saturated carbocycles. The normalized spacial score (nSPS) is 24.1. The van der Waals surface area contributed by atoms with Crippen molar-refractivity contribution < 1.29 is 9.90 Å². The summed E-state index contributed by atoms with van der Waals surface area (Å²) in [4.78, 5) is 13.4. The van der Waals surface area contributed by atoms with Gasteiger partial charge in [-0.25, -0.2) is 4.79 Å². The molecule has 0 spiro atoms. The molecular weight excluding hydrogens is 226 g/mol. The molecule has 3 nitrogen and oxygen atoms in total. The zero-order chi connectivity index (χ0) is 13.3. The van der Waals surface area contributed by atoms with Gasteiger partial charge in [0.25, 0.3) is 0 Å². The van der Waals surface area contributed by atoms with E-state index in [4.69, 9.17) is 5.11 Å². The summed E-state index contributed by atoms with van der Waals surface area (Å²) in [6.07, 6.45) is 2.50. The van der Waals surface area contributed by atoms with Gasteiger partial charge in [0.1, 0.15) is 0 Å². The van der Waals surface area contributed by atoms with E-state index in [1.54, 1.807) is 12.1 Å². The summed E-state index contributed by atoms with van der Waals surface area (Å²) in [6.45, 7) is 7.61. The van der Waals surface area contributed by atoms with Crippen molar-refractivity contribution >= 4 is 11.7 Å². The highest BCUT2D eigenvalue weighted by Gasteiger charge is 2.25. The summed E-state index contributed by atoms with van der Waals surface area (Å²) < 4.78 is 0. The molecule has 1 aliphatic heterocycles. The molecule has 1 heterocycles. The highest BCUT2D eigenvalue weighted by Crippen LogP contribution is 2.30. The second kappa shape index (κ2) is 5.01. The van der Waals surface area contributed by atoms with Crippen LogP contribution in [0.15, 0.2) is 18.2 Å². The topological polar surface area (TPSA) is 40.5 Å². The summed E-state index contributed by atoms with van der Waals surface area (Å²) >= 11 is 0. The molecule has 1 aromatic rings. The predicted molar refractivity (Wildman–Crippen MR) is 73.3 cm³/mol. The number of carboxylic acid groups (broad SMARTS) is 1. The van der Waals surface area contributed by atoms with Gasteiger partial charge >= 0.3 is 5.97 Å². The van der Waals surface area contributed by atoms with E-state index in [1.807, 2.05) is 13.0 Å². The van der Waals surface area contributed by atoms with Crippen molar-refractivity contribution in [2.45, 2.75) is 39.7 Å². The molecule has 3 heteroatoms. The van der Waals surface area contributed by atoms with Gasteiger partial charge in [-0.05, 0) is 56.4 Å². The summed E-state index contributed by atoms with van der Waals surface area (Å²) in [5.74, 6) is -0.165. The standard InChI is InChI=1S/C15H21NO2/c1-10-5-4-8-16(12(10)3)14-7-6-13(15(17)18)9-11(14)2/h6-7,9-10,12H,4-5,8H2,1-3H3,(H,17,18). The van der Waals surface area contributed by atoms with Gasteiger partial charge in [-0.3, -0.25) is 0 Å². The fourth-order valence-electron chi connectivity index (χ4n) is 2.79. The van der Waals surface area contributed by atoms with Crippen molar-refractivity contribution in [2.24, 2.45) is 5.92 Å². The molecule has 1 aliphatic rings. The number of nitrogens with zero attached hydrogens (tertiary/aromatic N) is 1. The molecular formula is C15H21NO2. The van der Waals surface area contributed by atoms with Gasteiger partial charge in [0, 0.05) is 18.3 Å². The van der Waals surface area contributed by atoms with Crippen LogP contribution in [0.25, 0.3) is 0 Å². The third-order valence-electron chi connectivity index (χ3n) is 4.13. The SMILES string of the molecule is Cc1cc(C(=O)O)ccc1N1CCCC(C)C1C. The van der Waals surface area contributed by atoms with Crippen molar-refractivity contribution in [2.75, 3.05) is 11.4 Å². The fourth-order valence-corrected chi connectivity index (χ4v) is 2.79. The van der Waals surface area contributed by atoms with E-state index in [0.717, 1.165) is 12.1 Å². The first-order valence-electron chi connectivity index (χ1n) is 6.61. The molecule has 98 valence electrons. The Kier molecular flexibility index (Phi) is 3.60. The van der Waals surface area contributed by atoms with Crippen LogP contribution in [0.4, 0.5) is 5.69 Å². The average molecular weight is 247 g/mol. The molecule has 0 aromatic heterocycles. The van der Waals surface area contributed by atoms with Crippen molar-refractivity contribution in [1.29, 1.82) is 0 Å². The van der Waals surface area contributed by atoms with Crippen molar-refractivity contribution in [3.05, 3.63) is 29.3 Å². The molecule has 0 aliphatic carbocycles. The Labute approximate surface area is 108 Å². The van der Waals surface area contributed by atoms with Crippen LogP contribution in [0, 0.1) is 12.8 Å². The maximum Gasteiger partial charge on any atom is 0.335 e. The predicted octanol–water partition coefficient (Wildman–Crippen LogP) is 3.32. The summed E-state index contributed by atoms with van der Waals surface area (Å²) in [7, 11) is 0. The number of carbonyl (C=O) groups is 1. The summed E-state index contributed by atoms with van der Waals surface area (Å²) in [5.41, 5.74) is 2.60. The molecule has 0 radical (unpaired) electrons. The molecule has 18 heavy (non-hydrogen) atoms. The minimum absolute atomic E-state index is 0.369. The summed E-state index contributed by atoms with van der Waals surface area (Å²) in [6, 6.07) is 5.95. The van der Waals surface area contributed by atoms with Gasteiger partial charge in [0.15, 0.2) is 0 Å². The molecule has 0 bridgehead atoms. The first-order valence-corrected chi connectivity index (χ1v) is 6.61. The van der Waals surface area contributed by atoms with Gasteiger partial charge < -0.3 is 10.0 Å². The largest absolute Gasteiger partial charge is 0.478 e. The third kappa shape index (κ3) is 2.35. The van der Waals surface area contributed by atoms with E-state index >= 15 is 0 Å². The molecule has 1 N–H and O–H groups in total. The molecule has 2 rings (SSSR count). The average Bonchev–Trinajstić information content (AvgIpc) is 2.33. The summed E-state index contributed by atoms with van der Waals surface area (Å²) in [5, 5.41) is 8.99. The number of carboxylic acids is 1. The number of piperidine rings is 1. The molecule has 1 fully saturated rings. The number of rotatable bonds is 2. The second-order valence-corrected chi connectivity index (χ2v) is 5.36. The lowest BCUT2D eigenvalue weighted by Crippen LogP contribution is -2.42. The van der Waals surface area contributed by atoms with E-state index in [9.17, 15) is 4.79 Å². The third-order valence-corrected chi connectivity index (χ3v) is 4.13. The lowest BCUT2D eigenvalue weighted by molar-refractivity contribution is 0.0697. The van der Waals surface area contributed by atoms with Crippen LogP contribution in [-0.4, -0.2) is 23.7 Å². The highest BCUT2D eigenvalue weighted by molar-refractivity contribution is 5.88. The minimum Gasteiger partial charge on any atom is -0.478 e. The second-order valence-electron chi connectivity index (χ2n) is 5.36. The van der Waals surface area contributed by atoms with Crippen LogP contribution in [0.2, 0.25) is 0 Å². The Morgan fingerprint density at radius 3 is 2.72 bits per heavy atom. The quantitative estimate of drug-likeness (QED) is 0.871. The van der Waals surface area contributed by atoms with Crippen molar-refractivity contribution in [3.63, 3.8) is 0 Å². The lowest BCUT2D eigenvalue weighted by Gasteiger charge is -2.40. The maximum absolute atomic E-state index is 10.9. The molecule has 2 unspecified atom stereocenters. The Hall–Kier alpha value is -1.51. The van der Waals surface area contributed by atoms with Crippen LogP contribution < -0.4 is 4.90 Å². The lowest BCUT2D eigenvalue weighted by atomic mass is 9.91. The van der Waals surface area contributed by atoms with E-state index in [-0.39, 0.29) is 0 Å². The van der Waals surface area contributed by atoms with E-state index in [1.165, 1.54) is 18.5 Å². The van der Waals surface area contributed by atoms with Crippen LogP contribution in [0.3, 0.4) is 0 Å². The van der Waals surface area contributed by atoms with E-state index in [2.05, 4.69) is 18.7 Å². The van der Waals surface area contributed by atoms with Crippen LogP contribution in [0.1, 0.15) is 42.6 Å². The fraction of sp³-hybridized carbons (Fsp3) is 0.533. The minimum atomic E-state index is -0.857. The Bertz CT molecular complexity index is 456. The Morgan fingerprint density at radius 2 is 2.11 bits per heavy atom. The van der Waals surface area contributed by atoms with E-state index in [0.29, 0.717) is 17.5 Å². The van der Waals surface area contributed by atoms with Gasteiger partial charge in [-0.2, -0.15) is 0 Å². The number of benzene rings is 1. The molecule has 2 atom stereocenters. The van der Waals surface area contributed by atoms with Gasteiger partial charge in [-0.15, -0.1) is 0 Å². The number of hydrogen-bond donors (Lipinski definition) is 1. The Morgan fingerprint density at radius 1 is 1.39 bits per heavy atom. The van der Waals surface area contributed by atoms with Gasteiger partial charge in [0.2, 0.25) is 0 Å². The zero-order valence-electron chi connectivity index (χ0n) is 11.3.